The van der Waals surface area contributed by atoms with Crippen molar-refractivity contribution in [2.45, 2.75) is 51.7 Å². The zero-order valence-corrected chi connectivity index (χ0v) is 14.6. The summed E-state index contributed by atoms with van der Waals surface area (Å²) < 4.78 is 0.374. The fourth-order valence-corrected chi connectivity index (χ4v) is 3.50. The van der Waals surface area contributed by atoms with Gasteiger partial charge in [0.2, 0.25) is 0 Å². The molecule has 0 unspecified atom stereocenters. The van der Waals surface area contributed by atoms with E-state index in [-0.39, 0.29) is 0 Å². The second-order valence-corrected chi connectivity index (χ2v) is 7.96. The van der Waals surface area contributed by atoms with Crippen molar-refractivity contribution in [3.63, 3.8) is 0 Å². The minimum atomic E-state index is 0.374. The van der Waals surface area contributed by atoms with Crippen LogP contribution >= 0.6 is 11.8 Å². The molecule has 0 saturated carbocycles. The smallest absolute Gasteiger partial charge is 0.134 e. The summed E-state index contributed by atoms with van der Waals surface area (Å²) in [6.45, 7) is 12.1. The summed E-state index contributed by atoms with van der Waals surface area (Å²) in [7, 11) is 0. The number of aromatic nitrogens is 2. The summed E-state index contributed by atoms with van der Waals surface area (Å²) >= 11 is 2.07. The highest BCUT2D eigenvalue weighted by Crippen LogP contribution is 2.32. The van der Waals surface area contributed by atoms with Crippen LogP contribution < -0.4 is 10.2 Å². The van der Waals surface area contributed by atoms with E-state index in [0.717, 1.165) is 55.7 Å². The van der Waals surface area contributed by atoms with E-state index in [0.29, 0.717) is 4.75 Å². The molecule has 118 valence electrons. The molecule has 1 fully saturated rings. The highest BCUT2D eigenvalue weighted by Gasteiger charge is 2.24. The summed E-state index contributed by atoms with van der Waals surface area (Å²) in [5.41, 5.74) is 0. The van der Waals surface area contributed by atoms with Gasteiger partial charge in [-0.05, 0) is 12.8 Å². The van der Waals surface area contributed by atoms with Gasteiger partial charge in [-0.1, -0.05) is 27.7 Å². The molecule has 21 heavy (non-hydrogen) atoms. The van der Waals surface area contributed by atoms with Crippen molar-refractivity contribution in [1.82, 2.24) is 9.97 Å². The third-order valence-corrected chi connectivity index (χ3v) is 5.17. The second-order valence-electron chi connectivity index (χ2n) is 6.15. The molecule has 1 saturated heterocycles. The predicted molar refractivity (Wildman–Crippen MR) is 93.6 cm³/mol. The second kappa shape index (κ2) is 7.34. The number of hydrogen-bond acceptors (Lipinski definition) is 5. The number of hydrogen-bond donors (Lipinski definition) is 1. The minimum absolute atomic E-state index is 0.374. The van der Waals surface area contributed by atoms with Gasteiger partial charge in [0.25, 0.3) is 0 Å². The zero-order chi connectivity index (χ0) is 15.3. The van der Waals surface area contributed by atoms with Crippen LogP contribution in [0.4, 0.5) is 11.6 Å². The lowest BCUT2D eigenvalue weighted by Crippen LogP contribution is -2.28. The van der Waals surface area contributed by atoms with Crippen LogP contribution in [0.25, 0.3) is 0 Å². The van der Waals surface area contributed by atoms with E-state index in [9.17, 15) is 0 Å². The van der Waals surface area contributed by atoms with Gasteiger partial charge < -0.3 is 10.2 Å². The molecule has 5 heteroatoms. The van der Waals surface area contributed by atoms with Crippen LogP contribution in [0.15, 0.2) is 6.07 Å². The number of aryl methyl sites for hydroxylation is 1. The van der Waals surface area contributed by atoms with Gasteiger partial charge in [0.1, 0.15) is 17.5 Å². The van der Waals surface area contributed by atoms with Gasteiger partial charge in [0.05, 0.1) is 0 Å². The van der Waals surface area contributed by atoms with E-state index in [1.165, 1.54) is 6.42 Å². The van der Waals surface area contributed by atoms with Gasteiger partial charge in [0.15, 0.2) is 0 Å². The molecule has 1 aliphatic heterocycles. The molecule has 2 rings (SSSR count). The first kappa shape index (κ1) is 16.4. The lowest BCUT2D eigenvalue weighted by Gasteiger charge is -2.24. The van der Waals surface area contributed by atoms with Crippen LogP contribution in [-0.4, -0.2) is 40.1 Å². The van der Waals surface area contributed by atoms with Crippen molar-refractivity contribution in [2.24, 2.45) is 0 Å². The fraction of sp³-hybridized carbons (Fsp3) is 0.750. The van der Waals surface area contributed by atoms with Crippen molar-refractivity contribution >= 4 is 23.4 Å². The number of nitrogens with zero attached hydrogens (tertiary/aromatic N) is 3. The van der Waals surface area contributed by atoms with Crippen LogP contribution in [0.2, 0.25) is 0 Å². The topological polar surface area (TPSA) is 41.0 Å². The van der Waals surface area contributed by atoms with E-state index >= 15 is 0 Å². The monoisotopic (exact) mass is 308 g/mol. The first-order chi connectivity index (χ1) is 10.0. The highest BCUT2D eigenvalue weighted by atomic mass is 32.2. The summed E-state index contributed by atoms with van der Waals surface area (Å²) in [5, 5.41) is 3.40. The number of rotatable bonds is 5. The molecule has 0 aromatic carbocycles. The van der Waals surface area contributed by atoms with Gasteiger partial charge in [-0.25, -0.2) is 9.97 Å². The average molecular weight is 308 g/mol. The molecule has 0 radical (unpaired) electrons. The van der Waals surface area contributed by atoms with E-state index < -0.39 is 0 Å². The van der Waals surface area contributed by atoms with Crippen molar-refractivity contribution in [1.29, 1.82) is 0 Å². The molecule has 0 bridgehead atoms. The Bertz CT molecular complexity index is 462. The van der Waals surface area contributed by atoms with E-state index in [1.54, 1.807) is 0 Å². The maximum atomic E-state index is 4.74. The Morgan fingerprint density at radius 1 is 1.29 bits per heavy atom. The lowest BCUT2D eigenvalue weighted by atomic mass is 10.1. The third-order valence-electron chi connectivity index (χ3n) is 3.79. The Kier molecular flexibility index (Phi) is 5.73. The van der Waals surface area contributed by atoms with Crippen LogP contribution in [0, 0.1) is 0 Å². The van der Waals surface area contributed by atoms with Crippen molar-refractivity contribution < 1.29 is 0 Å². The number of thioether (sulfide) groups is 1. The van der Waals surface area contributed by atoms with Crippen LogP contribution in [0.1, 0.15) is 46.4 Å². The first-order valence-electron chi connectivity index (χ1n) is 8.05. The van der Waals surface area contributed by atoms with E-state index in [2.05, 4.69) is 60.7 Å². The quantitative estimate of drug-likeness (QED) is 0.900. The summed E-state index contributed by atoms with van der Waals surface area (Å²) in [4.78, 5) is 11.7. The lowest BCUT2D eigenvalue weighted by molar-refractivity contribution is 0.634. The molecule has 2 heterocycles. The van der Waals surface area contributed by atoms with Crippen molar-refractivity contribution in [3.8, 4) is 0 Å². The average Bonchev–Trinajstić information content (AvgIpc) is 2.65. The van der Waals surface area contributed by atoms with Gasteiger partial charge in [-0.2, -0.15) is 11.8 Å². The molecule has 1 N–H and O–H groups in total. The molecule has 4 nitrogen and oxygen atoms in total. The SMILES string of the molecule is CCCNc1cc(N2CCSC(C)(C)CC2)nc(CC)n1. The highest BCUT2D eigenvalue weighted by molar-refractivity contribution is 8.00. The van der Waals surface area contributed by atoms with Crippen LogP contribution in [0.3, 0.4) is 0 Å². The minimum Gasteiger partial charge on any atom is -0.370 e. The maximum absolute atomic E-state index is 4.74. The Morgan fingerprint density at radius 3 is 2.81 bits per heavy atom. The van der Waals surface area contributed by atoms with Crippen molar-refractivity contribution in [3.05, 3.63) is 11.9 Å². The molecule has 1 aromatic heterocycles. The van der Waals surface area contributed by atoms with Crippen LogP contribution in [0.5, 0.6) is 0 Å². The molecule has 0 atom stereocenters. The summed E-state index contributed by atoms with van der Waals surface area (Å²) in [5.74, 6) is 4.15. The number of anilines is 2. The van der Waals surface area contributed by atoms with Gasteiger partial charge in [0, 0.05) is 42.6 Å². The number of nitrogens with one attached hydrogen (secondary N) is 1. The molecule has 1 aromatic rings. The molecule has 0 aliphatic carbocycles. The normalized spacial score (nSPS) is 18.4. The zero-order valence-electron chi connectivity index (χ0n) is 13.8. The molecule has 1 aliphatic rings. The summed E-state index contributed by atoms with van der Waals surface area (Å²) in [6.07, 6.45) is 3.18. The van der Waals surface area contributed by atoms with Crippen LogP contribution in [-0.2, 0) is 6.42 Å². The van der Waals surface area contributed by atoms with Gasteiger partial charge in [-0.15, -0.1) is 0 Å². The van der Waals surface area contributed by atoms with Crippen molar-refractivity contribution in [2.75, 3.05) is 35.6 Å². The Morgan fingerprint density at radius 2 is 2.10 bits per heavy atom. The Balaban J connectivity index is 2.17. The maximum Gasteiger partial charge on any atom is 0.134 e. The molecule has 0 spiro atoms. The predicted octanol–water partition coefficient (Wildman–Crippen LogP) is 3.58. The third kappa shape index (κ3) is 4.77. The molecular weight excluding hydrogens is 280 g/mol. The Labute approximate surface area is 133 Å². The first-order valence-corrected chi connectivity index (χ1v) is 9.03. The van der Waals surface area contributed by atoms with E-state index in [1.807, 2.05) is 0 Å². The fourth-order valence-electron chi connectivity index (χ4n) is 2.40. The van der Waals surface area contributed by atoms with Gasteiger partial charge in [-0.3, -0.25) is 0 Å². The standard InChI is InChI=1S/C16H28N4S/c1-5-8-17-14-12-15(19-13(6-2)18-14)20-9-7-16(3,4)21-11-10-20/h12H,5-11H2,1-4H3,(H,17,18,19). The van der Waals surface area contributed by atoms with E-state index in [4.69, 9.17) is 4.98 Å². The van der Waals surface area contributed by atoms with Gasteiger partial charge >= 0.3 is 0 Å². The molecular formula is C16H28N4S. The summed E-state index contributed by atoms with van der Waals surface area (Å²) in [6, 6.07) is 2.11. The molecule has 0 amide bonds. The largest absolute Gasteiger partial charge is 0.370 e. The Hall–Kier alpha value is -0.970.